The van der Waals surface area contributed by atoms with E-state index in [1.54, 1.807) is 11.3 Å². The average Bonchev–Trinajstić information content (AvgIpc) is 2.74. The summed E-state index contributed by atoms with van der Waals surface area (Å²) >= 11 is 7.54. The largest absolute Gasteiger partial charge is 0.353 e. The third kappa shape index (κ3) is 3.23. The maximum Gasteiger partial charge on any atom is 0.203 e. The molecule has 3 nitrogen and oxygen atoms in total. The molecule has 0 saturated heterocycles. The predicted octanol–water partition coefficient (Wildman–Crippen LogP) is 3.78. The van der Waals surface area contributed by atoms with Crippen molar-refractivity contribution in [2.75, 3.05) is 5.32 Å². The fourth-order valence-corrected chi connectivity index (χ4v) is 2.73. The van der Waals surface area contributed by atoms with Crippen molar-refractivity contribution < 1.29 is 0 Å². The first-order valence-corrected chi connectivity index (χ1v) is 6.78. The Labute approximate surface area is 110 Å². The zero-order valence-electron chi connectivity index (χ0n) is 10.2. The van der Waals surface area contributed by atoms with Gasteiger partial charge in [-0.25, -0.2) is 4.98 Å². The van der Waals surface area contributed by atoms with Crippen molar-refractivity contribution in [2.45, 2.75) is 33.4 Å². The summed E-state index contributed by atoms with van der Waals surface area (Å²) in [7, 11) is 0. The van der Waals surface area contributed by atoms with Gasteiger partial charge >= 0.3 is 0 Å². The zero-order chi connectivity index (χ0) is 12.4. The molecular formula is C12H16ClN3S. The molecule has 0 amide bonds. The monoisotopic (exact) mass is 269 g/mol. The van der Waals surface area contributed by atoms with Gasteiger partial charge in [0.1, 0.15) is 0 Å². The Morgan fingerprint density at radius 1 is 1.47 bits per heavy atom. The second kappa shape index (κ2) is 5.10. The van der Waals surface area contributed by atoms with Gasteiger partial charge in [-0.05, 0) is 32.9 Å². The van der Waals surface area contributed by atoms with Crippen LogP contribution in [0.15, 0.2) is 18.3 Å². The summed E-state index contributed by atoms with van der Waals surface area (Å²) in [5.41, 5.74) is 1.02. The van der Waals surface area contributed by atoms with Crippen LogP contribution < -0.4 is 5.32 Å². The van der Waals surface area contributed by atoms with E-state index in [0.29, 0.717) is 6.04 Å². The van der Waals surface area contributed by atoms with Gasteiger partial charge in [0.15, 0.2) is 0 Å². The molecule has 5 heteroatoms. The molecule has 0 aliphatic heterocycles. The number of thiophene rings is 1. The number of halogens is 1. The molecule has 0 spiro atoms. The molecule has 1 N–H and O–H groups in total. The molecule has 0 unspecified atom stereocenters. The Balaban J connectivity index is 2.19. The lowest BCUT2D eigenvalue weighted by molar-refractivity contribution is 0.782. The molecule has 92 valence electrons. The molecule has 2 aromatic rings. The van der Waals surface area contributed by atoms with Gasteiger partial charge in [-0.2, -0.15) is 0 Å². The Morgan fingerprint density at radius 3 is 2.82 bits per heavy atom. The summed E-state index contributed by atoms with van der Waals surface area (Å²) in [6, 6.07) is 4.37. The minimum Gasteiger partial charge on any atom is -0.353 e. The van der Waals surface area contributed by atoms with Gasteiger partial charge in [-0.3, -0.25) is 0 Å². The third-order valence-corrected chi connectivity index (χ3v) is 3.49. The first kappa shape index (κ1) is 12.5. The second-order valence-electron chi connectivity index (χ2n) is 4.34. The first-order valence-electron chi connectivity index (χ1n) is 5.59. The Hall–Kier alpha value is -1.00. The number of anilines is 1. The van der Waals surface area contributed by atoms with Crippen LogP contribution in [-0.4, -0.2) is 15.6 Å². The number of aromatic nitrogens is 2. The van der Waals surface area contributed by atoms with Crippen LogP contribution in [0.1, 0.15) is 24.4 Å². The van der Waals surface area contributed by atoms with Gasteiger partial charge in [-0.1, -0.05) is 11.6 Å². The van der Waals surface area contributed by atoms with Crippen LogP contribution in [0, 0.1) is 6.92 Å². The molecule has 2 rings (SSSR count). The van der Waals surface area contributed by atoms with Gasteiger partial charge in [0.2, 0.25) is 5.95 Å². The fourth-order valence-electron chi connectivity index (χ4n) is 1.65. The van der Waals surface area contributed by atoms with Crippen molar-refractivity contribution in [1.82, 2.24) is 9.55 Å². The summed E-state index contributed by atoms with van der Waals surface area (Å²) in [5.74, 6) is 0.919. The van der Waals surface area contributed by atoms with Gasteiger partial charge < -0.3 is 9.88 Å². The van der Waals surface area contributed by atoms with Crippen molar-refractivity contribution in [3.8, 4) is 0 Å². The van der Waals surface area contributed by atoms with Gasteiger partial charge in [0.05, 0.1) is 16.6 Å². The van der Waals surface area contributed by atoms with Gasteiger partial charge in [-0.15, -0.1) is 11.3 Å². The van der Waals surface area contributed by atoms with Crippen LogP contribution >= 0.6 is 22.9 Å². The number of hydrogen-bond acceptors (Lipinski definition) is 3. The normalized spacial score (nSPS) is 11.1. The minimum absolute atomic E-state index is 0.377. The minimum atomic E-state index is 0.377. The lowest BCUT2D eigenvalue weighted by atomic mass is 10.4. The molecule has 0 fully saturated rings. The summed E-state index contributed by atoms with van der Waals surface area (Å²) in [6.07, 6.45) is 2.05. The number of nitrogens with one attached hydrogen (secondary N) is 1. The van der Waals surface area contributed by atoms with E-state index in [-0.39, 0.29) is 0 Å². The van der Waals surface area contributed by atoms with E-state index in [0.717, 1.165) is 22.5 Å². The van der Waals surface area contributed by atoms with Crippen molar-refractivity contribution in [1.29, 1.82) is 0 Å². The van der Waals surface area contributed by atoms with Gasteiger partial charge in [0, 0.05) is 17.1 Å². The average molecular weight is 270 g/mol. The predicted molar refractivity (Wildman–Crippen MR) is 74.2 cm³/mol. The highest BCUT2D eigenvalue weighted by molar-refractivity contribution is 7.16. The molecule has 0 aliphatic rings. The molecule has 0 saturated carbocycles. The molecule has 0 atom stereocenters. The van der Waals surface area contributed by atoms with Gasteiger partial charge in [0.25, 0.3) is 0 Å². The van der Waals surface area contributed by atoms with Crippen LogP contribution in [0.4, 0.5) is 5.95 Å². The van der Waals surface area contributed by atoms with Crippen molar-refractivity contribution in [3.05, 3.63) is 33.2 Å². The SMILES string of the molecule is Cc1cn(Cc2ccc(Cl)s2)c(NC(C)C)n1. The summed E-state index contributed by atoms with van der Waals surface area (Å²) in [4.78, 5) is 5.71. The van der Waals surface area contributed by atoms with E-state index < -0.39 is 0 Å². The summed E-state index contributed by atoms with van der Waals surface area (Å²) in [6.45, 7) is 7.03. The summed E-state index contributed by atoms with van der Waals surface area (Å²) in [5, 5.41) is 3.34. The molecule has 0 aliphatic carbocycles. The van der Waals surface area contributed by atoms with E-state index in [1.165, 1.54) is 4.88 Å². The van der Waals surface area contributed by atoms with E-state index in [9.17, 15) is 0 Å². The van der Waals surface area contributed by atoms with Crippen LogP contribution in [-0.2, 0) is 6.54 Å². The highest BCUT2D eigenvalue weighted by atomic mass is 35.5. The number of imidazole rings is 1. The van der Waals surface area contributed by atoms with Crippen LogP contribution in [0.25, 0.3) is 0 Å². The molecular weight excluding hydrogens is 254 g/mol. The highest BCUT2D eigenvalue weighted by Crippen LogP contribution is 2.23. The molecule has 0 radical (unpaired) electrons. The Bertz CT molecular complexity index is 502. The number of hydrogen-bond donors (Lipinski definition) is 1. The zero-order valence-corrected chi connectivity index (χ0v) is 11.8. The Morgan fingerprint density at radius 2 is 2.24 bits per heavy atom. The number of aryl methyl sites for hydroxylation is 1. The lowest BCUT2D eigenvalue weighted by Gasteiger charge is -2.11. The maximum absolute atomic E-state index is 5.93. The first-order chi connectivity index (χ1) is 8.04. The van der Waals surface area contributed by atoms with Crippen molar-refractivity contribution in [3.63, 3.8) is 0 Å². The van der Waals surface area contributed by atoms with Crippen molar-refractivity contribution >= 4 is 28.9 Å². The van der Waals surface area contributed by atoms with Crippen LogP contribution in [0.5, 0.6) is 0 Å². The molecule has 17 heavy (non-hydrogen) atoms. The van der Waals surface area contributed by atoms with Crippen LogP contribution in [0.3, 0.4) is 0 Å². The molecule has 0 bridgehead atoms. The summed E-state index contributed by atoms with van der Waals surface area (Å²) < 4.78 is 2.95. The number of rotatable bonds is 4. The van der Waals surface area contributed by atoms with Crippen LogP contribution in [0.2, 0.25) is 4.34 Å². The van der Waals surface area contributed by atoms with E-state index >= 15 is 0 Å². The maximum atomic E-state index is 5.93. The molecule has 0 aromatic carbocycles. The smallest absolute Gasteiger partial charge is 0.203 e. The van der Waals surface area contributed by atoms with E-state index in [4.69, 9.17) is 11.6 Å². The fraction of sp³-hybridized carbons (Fsp3) is 0.417. The standard InChI is InChI=1S/C12H16ClN3S/c1-8(2)14-12-15-9(3)6-16(12)7-10-4-5-11(13)17-10/h4-6,8H,7H2,1-3H3,(H,14,15). The van der Waals surface area contributed by atoms with Crippen molar-refractivity contribution in [2.24, 2.45) is 0 Å². The highest BCUT2D eigenvalue weighted by Gasteiger charge is 2.08. The Kier molecular flexibility index (Phi) is 3.74. The second-order valence-corrected chi connectivity index (χ2v) is 6.14. The quantitative estimate of drug-likeness (QED) is 0.916. The van der Waals surface area contributed by atoms with E-state index in [2.05, 4.69) is 41.0 Å². The van der Waals surface area contributed by atoms with E-state index in [1.807, 2.05) is 13.0 Å². The number of nitrogens with zero attached hydrogens (tertiary/aromatic N) is 2. The molecule has 2 aromatic heterocycles. The molecule has 2 heterocycles. The lowest BCUT2D eigenvalue weighted by Crippen LogP contribution is -2.14. The third-order valence-electron chi connectivity index (χ3n) is 2.27. The topological polar surface area (TPSA) is 29.9 Å².